The molecule has 0 radical (unpaired) electrons. The lowest BCUT2D eigenvalue weighted by molar-refractivity contribution is -0.137. The number of nitrogens with one attached hydrogen (secondary N) is 1. The molecule has 0 saturated heterocycles. The summed E-state index contributed by atoms with van der Waals surface area (Å²) in [6.45, 7) is 0. The van der Waals surface area contributed by atoms with Gasteiger partial charge in [-0.15, -0.1) is 0 Å². The van der Waals surface area contributed by atoms with Crippen LogP contribution in [0.15, 0.2) is 29.1 Å². The molecule has 0 unspecified atom stereocenters. The SMILES string of the molecule is O=c1[nH]c2ccc(C(F)(F)F)cc2cc1F. The zero-order valence-corrected chi connectivity index (χ0v) is 7.73. The molecule has 2 nitrogen and oxygen atoms in total. The molecule has 0 aliphatic heterocycles. The molecule has 0 spiro atoms. The van der Waals surface area contributed by atoms with E-state index in [2.05, 4.69) is 4.98 Å². The number of pyridine rings is 1. The summed E-state index contributed by atoms with van der Waals surface area (Å²) >= 11 is 0. The lowest BCUT2D eigenvalue weighted by Crippen LogP contribution is -2.10. The molecule has 0 aliphatic rings. The topological polar surface area (TPSA) is 32.9 Å². The van der Waals surface area contributed by atoms with Crippen molar-refractivity contribution in [2.24, 2.45) is 0 Å². The lowest BCUT2D eigenvalue weighted by Gasteiger charge is -2.07. The van der Waals surface area contributed by atoms with Gasteiger partial charge in [0, 0.05) is 10.9 Å². The first-order valence-electron chi connectivity index (χ1n) is 4.28. The molecule has 2 aromatic rings. The van der Waals surface area contributed by atoms with E-state index in [0.717, 1.165) is 24.3 Å². The van der Waals surface area contributed by atoms with E-state index in [4.69, 9.17) is 0 Å². The Balaban J connectivity index is 2.72. The second kappa shape index (κ2) is 3.33. The van der Waals surface area contributed by atoms with Gasteiger partial charge in [-0.3, -0.25) is 4.79 Å². The standard InChI is InChI=1S/C10H5F4NO/c11-7-4-5-3-6(10(12,13)14)1-2-8(5)15-9(7)16/h1-4H,(H,15,16). The lowest BCUT2D eigenvalue weighted by atomic mass is 10.1. The molecule has 0 fully saturated rings. The third-order valence-electron chi connectivity index (χ3n) is 2.13. The minimum atomic E-state index is -4.49. The number of alkyl halides is 3. The Morgan fingerprint density at radius 3 is 2.44 bits per heavy atom. The molecule has 0 aliphatic carbocycles. The number of benzene rings is 1. The van der Waals surface area contributed by atoms with Crippen LogP contribution in [0.3, 0.4) is 0 Å². The van der Waals surface area contributed by atoms with Crippen molar-refractivity contribution >= 4 is 10.9 Å². The number of rotatable bonds is 0. The third kappa shape index (κ3) is 1.78. The van der Waals surface area contributed by atoms with Crippen molar-refractivity contribution in [3.05, 3.63) is 46.0 Å². The molecule has 0 atom stereocenters. The van der Waals surface area contributed by atoms with Gasteiger partial charge in [-0.2, -0.15) is 13.2 Å². The average molecular weight is 231 g/mol. The summed E-state index contributed by atoms with van der Waals surface area (Å²) in [5, 5.41) is 0.00641. The van der Waals surface area contributed by atoms with Gasteiger partial charge in [-0.05, 0) is 24.3 Å². The van der Waals surface area contributed by atoms with Crippen molar-refractivity contribution in [1.29, 1.82) is 0 Å². The van der Waals surface area contributed by atoms with Crippen LogP contribution in [0.4, 0.5) is 17.6 Å². The summed E-state index contributed by atoms with van der Waals surface area (Å²) in [6.07, 6.45) is -4.49. The second-order valence-electron chi connectivity index (χ2n) is 3.25. The number of halogens is 4. The van der Waals surface area contributed by atoms with Gasteiger partial charge in [0.25, 0.3) is 5.56 Å². The van der Waals surface area contributed by atoms with Crippen molar-refractivity contribution in [1.82, 2.24) is 4.98 Å². The van der Waals surface area contributed by atoms with Crippen molar-refractivity contribution in [3.63, 3.8) is 0 Å². The Hall–Kier alpha value is -1.85. The van der Waals surface area contributed by atoms with Gasteiger partial charge in [0.05, 0.1) is 5.56 Å². The van der Waals surface area contributed by atoms with E-state index in [9.17, 15) is 22.4 Å². The molecule has 0 bridgehead atoms. The number of hydrogen-bond acceptors (Lipinski definition) is 1. The van der Waals surface area contributed by atoms with E-state index in [1.807, 2.05) is 0 Å². The van der Waals surface area contributed by atoms with Crippen LogP contribution in [0.2, 0.25) is 0 Å². The highest BCUT2D eigenvalue weighted by Crippen LogP contribution is 2.30. The number of aromatic amines is 1. The molecule has 84 valence electrons. The maximum atomic E-state index is 12.9. The molecule has 0 amide bonds. The fourth-order valence-corrected chi connectivity index (χ4v) is 1.36. The molecular weight excluding hydrogens is 226 g/mol. The van der Waals surface area contributed by atoms with Crippen LogP contribution in [0.5, 0.6) is 0 Å². The van der Waals surface area contributed by atoms with Gasteiger partial charge in [0.2, 0.25) is 0 Å². The van der Waals surface area contributed by atoms with E-state index < -0.39 is 23.1 Å². The van der Waals surface area contributed by atoms with E-state index in [0.29, 0.717) is 0 Å². The largest absolute Gasteiger partial charge is 0.416 e. The van der Waals surface area contributed by atoms with E-state index in [-0.39, 0.29) is 10.9 Å². The summed E-state index contributed by atoms with van der Waals surface area (Å²) in [7, 11) is 0. The fraction of sp³-hybridized carbons (Fsp3) is 0.100. The smallest absolute Gasteiger partial charge is 0.319 e. The third-order valence-corrected chi connectivity index (χ3v) is 2.13. The summed E-state index contributed by atoms with van der Waals surface area (Å²) in [5.74, 6) is -1.10. The number of hydrogen-bond donors (Lipinski definition) is 1. The summed E-state index contributed by atoms with van der Waals surface area (Å²) in [4.78, 5) is 13.0. The Labute approximate surface area is 86.5 Å². The Bertz CT molecular complexity index is 600. The summed E-state index contributed by atoms with van der Waals surface area (Å²) < 4.78 is 49.8. The van der Waals surface area contributed by atoms with Crippen molar-refractivity contribution in [3.8, 4) is 0 Å². The van der Waals surface area contributed by atoms with Crippen molar-refractivity contribution < 1.29 is 17.6 Å². The normalized spacial score (nSPS) is 12.0. The molecule has 1 aromatic carbocycles. The molecule has 0 saturated carbocycles. The first-order chi connectivity index (χ1) is 7.38. The number of H-pyrrole nitrogens is 1. The first kappa shape index (κ1) is 10.7. The van der Waals surface area contributed by atoms with Crippen LogP contribution in [0, 0.1) is 5.82 Å². The maximum Gasteiger partial charge on any atom is 0.416 e. The molecule has 1 N–H and O–H groups in total. The number of aromatic nitrogens is 1. The second-order valence-corrected chi connectivity index (χ2v) is 3.25. The first-order valence-corrected chi connectivity index (χ1v) is 4.28. The Morgan fingerprint density at radius 1 is 1.12 bits per heavy atom. The van der Waals surface area contributed by atoms with E-state index >= 15 is 0 Å². The zero-order valence-electron chi connectivity index (χ0n) is 7.73. The van der Waals surface area contributed by atoms with Gasteiger partial charge < -0.3 is 4.98 Å². The highest BCUT2D eigenvalue weighted by atomic mass is 19.4. The molecule has 1 aromatic heterocycles. The minimum Gasteiger partial charge on any atom is -0.319 e. The van der Waals surface area contributed by atoms with Crippen molar-refractivity contribution in [2.75, 3.05) is 0 Å². The Kier molecular flexibility index (Phi) is 2.22. The summed E-state index contributed by atoms with van der Waals surface area (Å²) in [6, 6.07) is 3.49. The van der Waals surface area contributed by atoms with E-state index in [1.54, 1.807) is 0 Å². The number of fused-ring (bicyclic) bond motifs is 1. The molecular formula is C10H5F4NO. The quantitative estimate of drug-likeness (QED) is 0.694. The van der Waals surface area contributed by atoms with Crippen LogP contribution < -0.4 is 5.56 Å². The maximum absolute atomic E-state index is 12.9. The predicted octanol–water partition coefficient (Wildman–Crippen LogP) is 2.69. The van der Waals surface area contributed by atoms with Gasteiger partial charge in [-0.25, -0.2) is 4.39 Å². The van der Waals surface area contributed by atoms with Crippen LogP contribution in [0.25, 0.3) is 10.9 Å². The molecule has 1 heterocycles. The fourth-order valence-electron chi connectivity index (χ4n) is 1.36. The van der Waals surface area contributed by atoms with Gasteiger partial charge in [-0.1, -0.05) is 0 Å². The molecule has 16 heavy (non-hydrogen) atoms. The van der Waals surface area contributed by atoms with Crippen LogP contribution >= 0.6 is 0 Å². The highest BCUT2D eigenvalue weighted by Gasteiger charge is 2.30. The van der Waals surface area contributed by atoms with Gasteiger partial charge in [0.15, 0.2) is 5.82 Å². The monoisotopic (exact) mass is 231 g/mol. The van der Waals surface area contributed by atoms with Gasteiger partial charge >= 0.3 is 6.18 Å². The Morgan fingerprint density at radius 2 is 1.81 bits per heavy atom. The van der Waals surface area contributed by atoms with Crippen LogP contribution in [-0.2, 0) is 6.18 Å². The van der Waals surface area contributed by atoms with E-state index in [1.165, 1.54) is 0 Å². The predicted molar refractivity (Wildman–Crippen MR) is 49.5 cm³/mol. The molecule has 2 rings (SSSR count). The van der Waals surface area contributed by atoms with Gasteiger partial charge in [0.1, 0.15) is 0 Å². The molecule has 6 heteroatoms. The average Bonchev–Trinajstić information content (AvgIpc) is 2.17. The minimum absolute atomic E-state index is 0.00641. The zero-order chi connectivity index (χ0) is 11.9. The highest BCUT2D eigenvalue weighted by molar-refractivity contribution is 5.79. The van der Waals surface area contributed by atoms with Crippen LogP contribution in [-0.4, -0.2) is 4.98 Å². The van der Waals surface area contributed by atoms with Crippen molar-refractivity contribution in [2.45, 2.75) is 6.18 Å². The van der Waals surface area contributed by atoms with Crippen LogP contribution in [0.1, 0.15) is 5.56 Å². The summed E-state index contributed by atoms with van der Waals surface area (Å²) in [5.41, 5.74) is -1.67.